The minimum atomic E-state index is -0.665. The Hall–Kier alpha value is -3.92. The molecule has 192 valence electrons. The largest absolute Gasteiger partial charge is 0.452 e. The number of esters is 1. The molecule has 2 aromatic rings. The molecule has 2 aliphatic heterocycles. The minimum absolute atomic E-state index is 0.208. The van der Waals surface area contributed by atoms with Crippen molar-refractivity contribution >= 4 is 52.5 Å². The van der Waals surface area contributed by atoms with E-state index in [1.165, 1.54) is 12.1 Å². The van der Waals surface area contributed by atoms with Gasteiger partial charge < -0.3 is 15.0 Å². The van der Waals surface area contributed by atoms with E-state index in [-0.39, 0.29) is 22.9 Å². The van der Waals surface area contributed by atoms with Crippen molar-refractivity contribution in [3.63, 3.8) is 0 Å². The Morgan fingerprint density at radius 3 is 2.32 bits per heavy atom. The van der Waals surface area contributed by atoms with Gasteiger partial charge in [0.2, 0.25) is 5.91 Å². The number of thioether (sulfide) groups is 1. The highest BCUT2D eigenvalue weighted by Gasteiger charge is 2.37. The molecule has 9 nitrogen and oxygen atoms in total. The first-order valence-corrected chi connectivity index (χ1v) is 12.8. The Kier molecular flexibility index (Phi) is 8.39. The van der Waals surface area contributed by atoms with Crippen molar-refractivity contribution in [3.05, 3.63) is 70.1 Å². The number of ether oxygens (including phenoxy) is 1. The van der Waals surface area contributed by atoms with Crippen molar-refractivity contribution in [3.8, 4) is 0 Å². The molecule has 4 rings (SSSR count). The lowest BCUT2D eigenvalue weighted by Crippen LogP contribution is -2.44. The number of nitrogens with one attached hydrogen (secondary N) is 1. The molecule has 0 unspecified atom stereocenters. The highest BCUT2D eigenvalue weighted by Crippen LogP contribution is 2.32. The third-order valence-electron chi connectivity index (χ3n) is 5.99. The first-order chi connectivity index (χ1) is 17.8. The van der Waals surface area contributed by atoms with Crippen LogP contribution < -0.4 is 5.32 Å². The predicted molar refractivity (Wildman–Crippen MR) is 140 cm³/mol. The van der Waals surface area contributed by atoms with E-state index in [0.717, 1.165) is 41.5 Å². The molecule has 2 saturated heterocycles. The maximum atomic E-state index is 12.7. The number of carbonyl (C=O) groups excluding carboxylic acids is 5. The van der Waals surface area contributed by atoms with Gasteiger partial charge >= 0.3 is 5.97 Å². The van der Waals surface area contributed by atoms with Crippen LogP contribution in [-0.2, 0) is 19.1 Å². The third-order valence-corrected chi connectivity index (χ3v) is 6.90. The number of piperidine rings is 1. The number of nitrogens with zero attached hydrogens (tertiary/aromatic N) is 2. The summed E-state index contributed by atoms with van der Waals surface area (Å²) in [4.78, 5) is 64.8. The first-order valence-electron chi connectivity index (χ1n) is 12.0. The van der Waals surface area contributed by atoms with Crippen LogP contribution in [-0.4, -0.2) is 65.0 Å². The van der Waals surface area contributed by atoms with Gasteiger partial charge in [0.15, 0.2) is 6.61 Å². The molecular formula is C27H27N3O6S. The minimum Gasteiger partial charge on any atom is -0.452 e. The Bertz CT molecular complexity index is 1230. The summed E-state index contributed by atoms with van der Waals surface area (Å²) < 4.78 is 5.08. The van der Waals surface area contributed by atoms with E-state index in [2.05, 4.69) is 5.32 Å². The average molecular weight is 522 g/mol. The zero-order chi connectivity index (χ0) is 26.4. The van der Waals surface area contributed by atoms with Gasteiger partial charge in [-0.15, -0.1) is 0 Å². The molecule has 2 aliphatic rings. The maximum absolute atomic E-state index is 12.7. The van der Waals surface area contributed by atoms with Crippen LogP contribution in [0.25, 0.3) is 6.08 Å². The lowest BCUT2D eigenvalue weighted by molar-refractivity contribution is -0.136. The van der Waals surface area contributed by atoms with Crippen LogP contribution in [0.3, 0.4) is 0 Å². The van der Waals surface area contributed by atoms with Crippen LogP contribution >= 0.6 is 11.8 Å². The van der Waals surface area contributed by atoms with Gasteiger partial charge in [-0.2, -0.15) is 0 Å². The number of aryl methyl sites for hydroxylation is 1. The van der Waals surface area contributed by atoms with Gasteiger partial charge in [-0.1, -0.05) is 29.8 Å². The van der Waals surface area contributed by atoms with Gasteiger partial charge in [0.1, 0.15) is 6.54 Å². The van der Waals surface area contributed by atoms with Gasteiger partial charge in [0.05, 0.1) is 10.5 Å². The van der Waals surface area contributed by atoms with Crippen molar-refractivity contribution in [2.24, 2.45) is 0 Å². The Morgan fingerprint density at radius 2 is 1.65 bits per heavy atom. The number of hydrogen-bond acceptors (Lipinski definition) is 7. The zero-order valence-corrected chi connectivity index (χ0v) is 21.2. The molecule has 0 saturated carbocycles. The fourth-order valence-electron chi connectivity index (χ4n) is 3.93. The summed E-state index contributed by atoms with van der Waals surface area (Å²) in [5, 5.41) is 2.17. The fraction of sp³-hybridized carbons (Fsp3) is 0.296. The van der Waals surface area contributed by atoms with Gasteiger partial charge in [-0.25, -0.2) is 4.79 Å². The number of rotatable bonds is 7. The van der Waals surface area contributed by atoms with Crippen molar-refractivity contribution in [2.45, 2.75) is 26.2 Å². The molecule has 1 N–H and O–H groups in total. The summed E-state index contributed by atoms with van der Waals surface area (Å²) in [5.74, 6) is -1.85. The van der Waals surface area contributed by atoms with E-state index in [4.69, 9.17) is 4.74 Å². The number of hydrogen-bond donors (Lipinski definition) is 1. The normalized spacial score (nSPS) is 16.7. The highest BCUT2D eigenvalue weighted by atomic mass is 32.2. The second-order valence-electron chi connectivity index (χ2n) is 8.82. The number of carbonyl (C=O) groups is 5. The predicted octanol–water partition coefficient (Wildman–Crippen LogP) is 3.84. The highest BCUT2D eigenvalue weighted by molar-refractivity contribution is 8.18. The maximum Gasteiger partial charge on any atom is 0.338 e. The number of amides is 4. The van der Waals surface area contributed by atoms with Crippen molar-refractivity contribution in [2.75, 3.05) is 31.6 Å². The van der Waals surface area contributed by atoms with Crippen molar-refractivity contribution in [1.29, 1.82) is 0 Å². The molecule has 0 bridgehead atoms. The van der Waals surface area contributed by atoms with E-state index in [9.17, 15) is 24.0 Å². The molecule has 0 spiro atoms. The molecule has 0 radical (unpaired) electrons. The Morgan fingerprint density at radius 1 is 0.973 bits per heavy atom. The summed E-state index contributed by atoms with van der Waals surface area (Å²) in [5.41, 5.74) is 2.50. The van der Waals surface area contributed by atoms with E-state index in [0.29, 0.717) is 24.3 Å². The molecule has 37 heavy (non-hydrogen) atoms. The molecule has 2 aromatic carbocycles. The summed E-state index contributed by atoms with van der Waals surface area (Å²) in [6.07, 6.45) is 4.48. The lowest BCUT2D eigenvalue weighted by Gasteiger charge is -2.27. The monoisotopic (exact) mass is 521 g/mol. The second-order valence-corrected chi connectivity index (χ2v) is 9.81. The van der Waals surface area contributed by atoms with Crippen molar-refractivity contribution < 1.29 is 28.7 Å². The summed E-state index contributed by atoms with van der Waals surface area (Å²) in [6, 6.07) is 13.5. The average Bonchev–Trinajstić information content (AvgIpc) is 3.16. The molecular weight excluding hydrogens is 494 g/mol. The fourth-order valence-corrected chi connectivity index (χ4v) is 4.77. The molecule has 10 heteroatoms. The smallest absolute Gasteiger partial charge is 0.338 e. The van der Waals surface area contributed by atoms with E-state index in [1.54, 1.807) is 35.2 Å². The van der Waals surface area contributed by atoms with Crippen LogP contribution in [0.4, 0.5) is 10.5 Å². The SMILES string of the molecule is Cc1ccc(NC(=O)COC(=O)c2ccc(/C=C3\SC(=O)N(CC(=O)N4CCCCC4)C3=O)cc2)cc1. The lowest BCUT2D eigenvalue weighted by atomic mass is 10.1. The molecule has 2 heterocycles. The molecule has 0 aliphatic carbocycles. The first kappa shape index (κ1) is 26.2. The van der Waals surface area contributed by atoms with Crippen LogP contribution in [0.1, 0.15) is 40.7 Å². The zero-order valence-electron chi connectivity index (χ0n) is 20.4. The van der Waals surface area contributed by atoms with Crippen LogP contribution in [0.2, 0.25) is 0 Å². The molecule has 0 aromatic heterocycles. The Labute approximate surface area is 218 Å². The summed E-state index contributed by atoms with van der Waals surface area (Å²) in [7, 11) is 0. The molecule has 0 atom stereocenters. The standard InChI is InChI=1S/C27H27N3O6S/c1-18-5-11-21(12-6-18)28-23(31)17-36-26(34)20-9-7-19(8-10-20)15-22-25(33)30(27(35)37-22)16-24(32)29-13-3-2-4-14-29/h5-12,15H,2-4,13-14,16-17H2,1H3,(H,28,31)/b22-15-. The van der Waals surface area contributed by atoms with E-state index in [1.807, 2.05) is 19.1 Å². The second kappa shape index (κ2) is 11.9. The molecule has 4 amide bonds. The molecule has 2 fully saturated rings. The van der Waals surface area contributed by atoms with E-state index < -0.39 is 29.6 Å². The quantitative estimate of drug-likeness (QED) is 0.435. The topological polar surface area (TPSA) is 113 Å². The van der Waals surface area contributed by atoms with Gasteiger partial charge in [0, 0.05) is 18.8 Å². The van der Waals surface area contributed by atoms with Crippen LogP contribution in [0.15, 0.2) is 53.4 Å². The van der Waals surface area contributed by atoms with Gasteiger partial charge in [-0.05, 0) is 73.9 Å². The van der Waals surface area contributed by atoms with Crippen molar-refractivity contribution in [1.82, 2.24) is 9.80 Å². The number of likely N-dealkylation sites (tertiary alicyclic amines) is 1. The Balaban J connectivity index is 1.30. The third kappa shape index (κ3) is 6.85. The number of imide groups is 1. The van der Waals surface area contributed by atoms with Crippen LogP contribution in [0, 0.1) is 6.92 Å². The van der Waals surface area contributed by atoms with Gasteiger partial charge in [0.25, 0.3) is 17.1 Å². The van der Waals surface area contributed by atoms with E-state index >= 15 is 0 Å². The number of benzene rings is 2. The summed E-state index contributed by atoms with van der Waals surface area (Å²) >= 11 is 0.780. The van der Waals surface area contributed by atoms with Crippen LogP contribution in [0.5, 0.6) is 0 Å². The summed E-state index contributed by atoms with van der Waals surface area (Å²) in [6.45, 7) is 2.55. The van der Waals surface area contributed by atoms with Gasteiger partial charge in [-0.3, -0.25) is 24.1 Å². The number of anilines is 1.